The summed E-state index contributed by atoms with van der Waals surface area (Å²) in [7, 11) is 1.74. The molecule has 1 aliphatic heterocycles. The highest BCUT2D eigenvalue weighted by atomic mass is 79.9. The maximum absolute atomic E-state index is 12.1. The minimum atomic E-state index is -0.214. The molecule has 1 aliphatic rings. The van der Waals surface area contributed by atoms with Gasteiger partial charge in [0, 0.05) is 30.5 Å². The molecule has 2 atom stereocenters. The van der Waals surface area contributed by atoms with E-state index in [-0.39, 0.29) is 23.8 Å². The molecule has 108 valence electrons. The van der Waals surface area contributed by atoms with E-state index in [4.69, 9.17) is 0 Å². The Morgan fingerprint density at radius 3 is 2.80 bits per heavy atom. The second kappa shape index (κ2) is 6.39. The van der Waals surface area contributed by atoms with Gasteiger partial charge in [-0.1, -0.05) is 34.1 Å². The second-order valence-corrected chi connectivity index (χ2v) is 6.23. The van der Waals surface area contributed by atoms with Gasteiger partial charge in [0.05, 0.1) is 5.92 Å². The van der Waals surface area contributed by atoms with Crippen molar-refractivity contribution in [2.75, 3.05) is 13.6 Å². The Labute approximate surface area is 127 Å². The molecule has 0 saturated carbocycles. The predicted octanol–water partition coefficient (Wildman–Crippen LogP) is 1.97. The average molecular weight is 339 g/mol. The van der Waals surface area contributed by atoms with Crippen LogP contribution in [0, 0.1) is 5.92 Å². The molecule has 1 aromatic carbocycles. The van der Waals surface area contributed by atoms with Gasteiger partial charge < -0.3 is 10.2 Å². The van der Waals surface area contributed by atoms with Crippen molar-refractivity contribution in [3.05, 3.63) is 34.3 Å². The molecule has 0 aliphatic carbocycles. The third-order valence-corrected chi connectivity index (χ3v) is 4.36. The lowest BCUT2D eigenvalue weighted by molar-refractivity contribution is -0.128. The lowest BCUT2D eigenvalue weighted by Crippen LogP contribution is -2.39. The van der Waals surface area contributed by atoms with Crippen LogP contribution in [0.25, 0.3) is 0 Å². The van der Waals surface area contributed by atoms with E-state index in [2.05, 4.69) is 21.2 Å². The van der Waals surface area contributed by atoms with Gasteiger partial charge in [0.2, 0.25) is 11.8 Å². The average Bonchev–Trinajstić information content (AvgIpc) is 2.72. The number of amides is 2. The van der Waals surface area contributed by atoms with Crippen LogP contribution in [0.4, 0.5) is 0 Å². The number of nitrogens with zero attached hydrogens (tertiary/aromatic N) is 1. The van der Waals surface area contributed by atoms with Crippen molar-refractivity contribution in [2.45, 2.75) is 25.8 Å². The van der Waals surface area contributed by atoms with Crippen LogP contribution in [0.3, 0.4) is 0 Å². The fourth-order valence-electron chi connectivity index (χ4n) is 2.44. The number of rotatable bonds is 4. The Bertz CT molecular complexity index is 518. The molecule has 2 rings (SSSR count). The zero-order valence-corrected chi connectivity index (χ0v) is 13.3. The topological polar surface area (TPSA) is 49.4 Å². The zero-order valence-electron chi connectivity index (χ0n) is 11.7. The summed E-state index contributed by atoms with van der Waals surface area (Å²) in [6.45, 7) is 2.50. The van der Waals surface area contributed by atoms with Crippen molar-refractivity contribution < 1.29 is 9.59 Å². The molecular weight excluding hydrogens is 320 g/mol. The molecule has 2 amide bonds. The monoisotopic (exact) mass is 338 g/mol. The summed E-state index contributed by atoms with van der Waals surface area (Å²) < 4.78 is 1.05. The first-order chi connectivity index (χ1) is 9.47. The molecule has 1 heterocycles. The molecule has 0 unspecified atom stereocenters. The number of carbonyl (C=O) groups excluding carboxylic acids is 2. The molecule has 0 spiro atoms. The lowest BCUT2D eigenvalue weighted by atomic mass is 10.0. The molecule has 0 bridgehead atoms. The van der Waals surface area contributed by atoms with Crippen LogP contribution in [-0.4, -0.2) is 36.3 Å². The maximum atomic E-state index is 12.1. The molecule has 1 fully saturated rings. The van der Waals surface area contributed by atoms with Crippen molar-refractivity contribution in [3.63, 3.8) is 0 Å². The highest BCUT2D eigenvalue weighted by Gasteiger charge is 2.32. The number of likely N-dealkylation sites (tertiary alicyclic amines) is 1. The van der Waals surface area contributed by atoms with Crippen LogP contribution in [0.5, 0.6) is 0 Å². The molecule has 0 radical (unpaired) electrons. The Balaban J connectivity index is 1.89. The van der Waals surface area contributed by atoms with Gasteiger partial charge in [-0.25, -0.2) is 0 Å². The fourth-order valence-corrected chi connectivity index (χ4v) is 2.89. The summed E-state index contributed by atoms with van der Waals surface area (Å²) in [6, 6.07) is 8.03. The van der Waals surface area contributed by atoms with E-state index in [9.17, 15) is 9.59 Å². The van der Waals surface area contributed by atoms with E-state index < -0.39 is 0 Å². The summed E-state index contributed by atoms with van der Waals surface area (Å²) in [5.74, 6) is -0.194. The summed E-state index contributed by atoms with van der Waals surface area (Å²) in [6.07, 6.45) is 1.09. The number of hydrogen-bond donors (Lipinski definition) is 1. The molecule has 1 saturated heterocycles. The van der Waals surface area contributed by atoms with Gasteiger partial charge in [0.1, 0.15) is 0 Å². The summed E-state index contributed by atoms with van der Waals surface area (Å²) in [4.78, 5) is 25.2. The zero-order chi connectivity index (χ0) is 14.7. The van der Waals surface area contributed by atoms with Crippen LogP contribution >= 0.6 is 15.9 Å². The Morgan fingerprint density at radius 1 is 1.50 bits per heavy atom. The van der Waals surface area contributed by atoms with Crippen LogP contribution in [0.1, 0.15) is 18.9 Å². The van der Waals surface area contributed by atoms with Crippen molar-refractivity contribution >= 4 is 27.7 Å². The van der Waals surface area contributed by atoms with E-state index in [1.54, 1.807) is 11.9 Å². The predicted molar refractivity (Wildman–Crippen MR) is 81.2 cm³/mol. The second-order valence-electron chi connectivity index (χ2n) is 5.38. The third kappa shape index (κ3) is 3.60. The molecule has 5 heteroatoms. The minimum Gasteiger partial charge on any atom is -0.353 e. The van der Waals surface area contributed by atoms with Gasteiger partial charge in [0.15, 0.2) is 0 Å². The summed E-state index contributed by atoms with van der Waals surface area (Å²) in [5.41, 5.74) is 1.17. The SMILES string of the molecule is C[C@H](Cc1ccccc1Br)NC(=O)[C@H]1CC(=O)N(C)C1. The standard InChI is InChI=1S/C15H19BrN2O2/c1-10(7-11-5-3-4-6-13(11)16)17-15(20)12-8-14(19)18(2)9-12/h3-6,10,12H,7-9H2,1-2H3,(H,17,20)/t10-,12+/m1/s1. The van der Waals surface area contributed by atoms with Gasteiger partial charge in [-0.3, -0.25) is 9.59 Å². The van der Waals surface area contributed by atoms with Crippen molar-refractivity contribution in [3.8, 4) is 0 Å². The Morgan fingerprint density at radius 2 is 2.20 bits per heavy atom. The van der Waals surface area contributed by atoms with Gasteiger partial charge >= 0.3 is 0 Å². The number of benzene rings is 1. The third-order valence-electron chi connectivity index (χ3n) is 3.58. The smallest absolute Gasteiger partial charge is 0.225 e. The Hall–Kier alpha value is -1.36. The van der Waals surface area contributed by atoms with Crippen molar-refractivity contribution in [1.82, 2.24) is 10.2 Å². The number of carbonyl (C=O) groups is 2. The van der Waals surface area contributed by atoms with Gasteiger partial charge in [0.25, 0.3) is 0 Å². The van der Waals surface area contributed by atoms with Gasteiger partial charge in [-0.15, -0.1) is 0 Å². The number of nitrogens with one attached hydrogen (secondary N) is 1. The fraction of sp³-hybridized carbons (Fsp3) is 0.467. The highest BCUT2D eigenvalue weighted by Crippen LogP contribution is 2.19. The van der Waals surface area contributed by atoms with E-state index in [0.29, 0.717) is 13.0 Å². The van der Waals surface area contributed by atoms with Crippen LogP contribution < -0.4 is 5.32 Å². The Kier molecular flexibility index (Phi) is 4.81. The summed E-state index contributed by atoms with van der Waals surface area (Å²) in [5, 5.41) is 3.00. The molecule has 20 heavy (non-hydrogen) atoms. The van der Waals surface area contributed by atoms with E-state index in [1.165, 1.54) is 5.56 Å². The molecule has 4 nitrogen and oxygen atoms in total. The molecule has 0 aromatic heterocycles. The first-order valence-corrected chi connectivity index (χ1v) is 7.54. The molecular formula is C15H19BrN2O2. The van der Waals surface area contributed by atoms with Crippen LogP contribution in [0.2, 0.25) is 0 Å². The molecule has 1 N–H and O–H groups in total. The van der Waals surface area contributed by atoms with Crippen LogP contribution in [0.15, 0.2) is 28.7 Å². The van der Waals surface area contributed by atoms with E-state index in [0.717, 1.165) is 10.9 Å². The van der Waals surface area contributed by atoms with Gasteiger partial charge in [-0.2, -0.15) is 0 Å². The normalized spacial score (nSPS) is 20.1. The number of hydrogen-bond acceptors (Lipinski definition) is 2. The van der Waals surface area contributed by atoms with E-state index in [1.807, 2.05) is 31.2 Å². The highest BCUT2D eigenvalue weighted by molar-refractivity contribution is 9.10. The van der Waals surface area contributed by atoms with Crippen molar-refractivity contribution in [1.29, 1.82) is 0 Å². The van der Waals surface area contributed by atoms with E-state index >= 15 is 0 Å². The largest absolute Gasteiger partial charge is 0.353 e. The number of halogens is 1. The molecule has 1 aromatic rings. The lowest BCUT2D eigenvalue weighted by Gasteiger charge is -2.17. The first kappa shape index (κ1) is 15.0. The van der Waals surface area contributed by atoms with Gasteiger partial charge in [-0.05, 0) is 25.0 Å². The first-order valence-electron chi connectivity index (χ1n) is 6.75. The van der Waals surface area contributed by atoms with Crippen molar-refractivity contribution in [2.24, 2.45) is 5.92 Å². The maximum Gasteiger partial charge on any atom is 0.225 e. The van der Waals surface area contributed by atoms with Crippen LogP contribution in [-0.2, 0) is 16.0 Å². The summed E-state index contributed by atoms with van der Waals surface area (Å²) >= 11 is 3.51. The minimum absolute atomic E-state index is 0.0257. The quantitative estimate of drug-likeness (QED) is 0.912.